The molecule has 2 amide bonds. The minimum absolute atomic E-state index is 0.152. The van der Waals surface area contributed by atoms with Gasteiger partial charge in [0, 0.05) is 18.7 Å². The van der Waals surface area contributed by atoms with E-state index in [2.05, 4.69) is 10.5 Å². The highest BCUT2D eigenvalue weighted by Gasteiger charge is 2.40. The zero-order valence-corrected chi connectivity index (χ0v) is 12.0. The van der Waals surface area contributed by atoms with Gasteiger partial charge < -0.3 is 9.42 Å². The van der Waals surface area contributed by atoms with Gasteiger partial charge in [-0.3, -0.25) is 5.32 Å². The van der Waals surface area contributed by atoms with Crippen molar-refractivity contribution in [3.8, 4) is 11.3 Å². The number of carbonyl (C=O) groups excluding carboxylic acids is 1. The zero-order valence-electron chi connectivity index (χ0n) is 12.0. The molecule has 2 fully saturated rings. The lowest BCUT2D eigenvalue weighted by molar-refractivity contribution is 0.194. The van der Waals surface area contributed by atoms with Crippen LogP contribution in [-0.4, -0.2) is 28.7 Å². The van der Waals surface area contributed by atoms with Crippen LogP contribution in [0.15, 0.2) is 34.9 Å². The van der Waals surface area contributed by atoms with E-state index in [1.807, 2.05) is 4.90 Å². The molecule has 2 heterocycles. The lowest BCUT2D eigenvalue weighted by Gasteiger charge is -2.26. The number of hydrogen-bond donors (Lipinski definition) is 1. The van der Waals surface area contributed by atoms with Crippen molar-refractivity contribution in [3.05, 3.63) is 36.1 Å². The van der Waals surface area contributed by atoms with Crippen molar-refractivity contribution in [3.63, 3.8) is 0 Å². The number of likely N-dealkylation sites (tertiary alicyclic amines) is 1. The third-order valence-electron chi connectivity index (χ3n) is 4.55. The van der Waals surface area contributed by atoms with Gasteiger partial charge in [0.05, 0.1) is 5.56 Å². The number of amides is 2. The zero-order chi connectivity index (χ0) is 15.1. The number of fused-ring (bicyclic) bond motifs is 2. The van der Waals surface area contributed by atoms with Gasteiger partial charge in [-0.25, -0.2) is 9.18 Å². The van der Waals surface area contributed by atoms with E-state index < -0.39 is 0 Å². The molecule has 2 aromatic rings. The first-order valence-electron chi connectivity index (χ1n) is 7.50. The van der Waals surface area contributed by atoms with Gasteiger partial charge >= 0.3 is 6.03 Å². The van der Waals surface area contributed by atoms with E-state index in [1.165, 1.54) is 12.5 Å². The number of nitrogens with zero attached hydrogens (tertiary/aromatic N) is 2. The van der Waals surface area contributed by atoms with Crippen LogP contribution in [0.2, 0.25) is 0 Å². The van der Waals surface area contributed by atoms with Crippen LogP contribution in [0.25, 0.3) is 11.3 Å². The molecule has 1 aromatic heterocycles. The first-order chi connectivity index (χ1) is 10.7. The van der Waals surface area contributed by atoms with E-state index in [9.17, 15) is 9.18 Å². The van der Waals surface area contributed by atoms with Crippen LogP contribution >= 0.6 is 0 Å². The summed E-state index contributed by atoms with van der Waals surface area (Å²) >= 11 is 0. The summed E-state index contributed by atoms with van der Waals surface area (Å²) in [6.07, 6.45) is 3.40. The van der Waals surface area contributed by atoms with E-state index in [1.54, 1.807) is 24.3 Å². The Hall–Kier alpha value is -2.37. The van der Waals surface area contributed by atoms with E-state index >= 15 is 0 Å². The third-order valence-corrected chi connectivity index (χ3v) is 4.55. The van der Waals surface area contributed by atoms with Gasteiger partial charge in [-0.05, 0) is 37.3 Å². The van der Waals surface area contributed by atoms with Crippen LogP contribution in [0, 0.1) is 11.7 Å². The van der Waals surface area contributed by atoms with Crippen molar-refractivity contribution in [1.29, 1.82) is 0 Å². The molecule has 2 atom stereocenters. The third kappa shape index (κ3) is 2.24. The number of halogens is 1. The Morgan fingerprint density at radius 1 is 1.36 bits per heavy atom. The number of piperidine rings is 1. The molecule has 1 saturated heterocycles. The number of hydrogen-bond acceptors (Lipinski definition) is 3. The number of urea groups is 1. The molecule has 114 valence electrons. The summed E-state index contributed by atoms with van der Waals surface area (Å²) in [5, 5.41) is 6.54. The van der Waals surface area contributed by atoms with Crippen LogP contribution < -0.4 is 5.32 Å². The quantitative estimate of drug-likeness (QED) is 0.923. The van der Waals surface area contributed by atoms with E-state index in [0.717, 1.165) is 19.4 Å². The molecule has 1 saturated carbocycles. The molecule has 6 heteroatoms. The monoisotopic (exact) mass is 301 g/mol. The first-order valence-corrected chi connectivity index (χ1v) is 7.50. The number of nitrogens with one attached hydrogen (secondary N) is 1. The SMILES string of the molecule is O=C(Nc1cc(-c2ccccc2F)on1)N1CC2CCC1C2. The van der Waals surface area contributed by atoms with E-state index in [0.29, 0.717) is 29.1 Å². The Bertz CT molecular complexity index is 715. The van der Waals surface area contributed by atoms with Crippen LogP contribution in [0.1, 0.15) is 19.3 Å². The Morgan fingerprint density at radius 2 is 2.23 bits per heavy atom. The fraction of sp³-hybridized carbons (Fsp3) is 0.375. The van der Waals surface area contributed by atoms with E-state index in [4.69, 9.17) is 4.52 Å². The fourth-order valence-electron chi connectivity index (χ4n) is 3.48. The Balaban J connectivity index is 1.48. The van der Waals surface area contributed by atoms with Crippen molar-refractivity contribution >= 4 is 11.8 Å². The number of anilines is 1. The summed E-state index contributed by atoms with van der Waals surface area (Å²) < 4.78 is 18.8. The maximum absolute atomic E-state index is 13.7. The topological polar surface area (TPSA) is 58.4 Å². The molecule has 5 nitrogen and oxygen atoms in total. The van der Waals surface area contributed by atoms with Crippen LogP contribution in [0.3, 0.4) is 0 Å². The summed E-state index contributed by atoms with van der Waals surface area (Å²) in [5.74, 6) is 0.873. The Kier molecular flexibility index (Phi) is 3.10. The fourth-order valence-corrected chi connectivity index (χ4v) is 3.48. The highest BCUT2D eigenvalue weighted by molar-refractivity contribution is 5.89. The molecule has 0 spiro atoms. The standard InChI is InChI=1S/C16H16FN3O2/c17-13-4-2-1-3-12(13)14-8-15(19-22-14)18-16(21)20-9-10-5-6-11(20)7-10/h1-4,8,10-11H,5-7,9H2,(H,18,19,21). The lowest BCUT2D eigenvalue weighted by atomic mass is 10.1. The minimum atomic E-state index is -0.381. The van der Waals surface area contributed by atoms with Crippen molar-refractivity contribution in [2.24, 2.45) is 5.92 Å². The van der Waals surface area contributed by atoms with E-state index in [-0.39, 0.29) is 11.8 Å². The van der Waals surface area contributed by atoms with Crippen molar-refractivity contribution in [1.82, 2.24) is 10.1 Å². The normalized spacial score (nSPS) is 23.0. The highest BCUT2D eigenvalue weighted by atomic mass is 19.1. The van der Waals surface area contributed by atoms with Crippen molar-refractivity contribution < 1.29 is 13.7 Å². The minimum Gasteiger partial charge on any atom is -0.354 e. The van der Waals surface area contributed by atoms with Gasteiger partial charge in [0.1, 0.15) is 5.82 Å². The molecule has 1 aliphatic carbocycles. The second-order valence-corrected chi connectivity index (χ2v) is 5.97. The number of benzene rings is 1. The molecule has 0 radical (unpaired) electrons. The maximum atomic E-state index is 13.7. The summed E-state index contributed by atoms with van der Waals surface area (Å²) in [6, 6.07) is 8.05. The first kappa shape index (κ1) is 13.3. The molecular weight excluding hydrogens is 285 g/mol. The predicted molar refractivity (Wildman–Crippen MR) is 78.8 cm³/mol. The van der Waals surface area contributed by atoms with Gasteiger partial charge in [-0.15, -0.1) is 0 Å². The summed E-state index contributed by atoms with van der Waals surface area (Å²) in [4.78, 5) is 14.1. The molecule has 2 bridgehead atoms. The average Bonchev–Trinajstić information content (AvgIpc) is 3.23. The van der Waals surface area contributed by atoms with Gasteiger partial charge in [0.2, 0.25) is 0 Å². The Labute approximate surface area is 127 Å². The van der Waals surface area contributed by atoms with Gasteiger partial charge in [-0.1, -0.05) is 17.3 Å². The molecule has 1 N–H and O–H groups in total. The number of rotatable bonds is 2. The molecule has 2 unspecified atom stereocenters. The van der Waals surface area contributed by atoms with Crippen LogP contribution in [-0.2, 0) is 0 Å². The van der Waals surface area contributed by atoms with Gasteiger partial charge in [0.15, 0.2) is 11.6 Å². The van der Waals surface area contributed by atoms with Gasteiger partial charge in [0.25, 0.3) is 0 Å². The van der Waals surface area contributed by atoms with Crippen molar-refractivity contribution in [2.45, 2.75) is 25.3 Å². The van der Waals surface area contributed by atoms with Crippen molar-refractivity contribution in [2.75, 3.05) is 11.9 Å². The smallest absolute Gasteiger partial charge is 0.323 e. The predicted octanol–water partition coefficient (Wildman–Crippen LogP) is 3.50. The summed E-state index contributed by atoms with van der Waals surface area (Å²) in [5.41, 5.74) is 0.329. The maximum Gasteiger partial charge on any atom is 0.323 e. The largest absolute Gasteiger partial charge is 0.354 e. The lowest BCUT2D eigenvalue weighted by Crippen LogP contribution is -2.40. The highest BCUT2D eigenvalue weighted by Crippen LogP contribution is 2.37. The molecule has 1 aromatic carbocycles. The Morgan fingerprint density at radius 3 is 2.95 bits per heavy atom. The number of aromatic nitrogens is 1. The molecular formula is C16H16FN3O2. The van der Waals surface area contributed by atoms with Gasteiger partial charge in [-0.2, -0.15) is 0 Å². The van der Waals surface area contributed by atoms with Crippen LogP contribution in [0.5, 0.6) is 0 Å². The second-order valence-electron chi connectivity index (χ2n) is 5.97. The van der Waals surface area contributed by atoms with Crippen LogP contribution in [0.4, 0.5) is 15.0 Å². The summed E-state index contributed by atoms with van der Waals surface area (Å²) in [6.45, 7) is 0.814. The average molecular weight is 301 g/mol. The number of carbonyl (C=O) groups is 1. The summed E-state index contributed by atoms with van der Waals surface area (Å²) in [7, 11) is 0. The molecule has 4 rings (SSSR count). The molecule has 2 aliphatic rings. The molecule has 22 heavy (non-hydrogen) atoms. The molecule has 1 aliphatic heterocycles. The second kappa shape index (κ2) is 5.12.